The van der Waals surface area contributed by atoms with Gasteiger partial charge in [0.2, 0.25) is 0 Å². The van der Waals surface area contributed by atoms with E-state index in [0.717, 1.165) is 26.2 Å². The van der Waals surface area contributed by atoms with Crippen LogP contribution in [0.1, 0.15) is 6.92 Å². The molecule has 11 heavy (non-hydrogen) atoms. The minimum atomic E-state index is 0.896. The number of aliphatic imine (C=N–C) groups is 1. The van der Waals surface area contributed by atoms with Gasteiger partial charge >= 0.3 is 0 Å². The van der Waals surface area contributed by atoms with Gasteiger partial charge in [-0.1, -0.05) is 0 Å². The van der Waals surface area contributed by atoms with E-state index in [-0.39, 0.29) is 0 Å². The van der Waals surface area contributed by atoms with Crippen LogP contribution in [0.2, 0.25) is 0 Å². The van der Waals surface area contributed by atoms with Gasteiger partial charge in [0.05, 0.1) is 6.54 Å². The monoisotopic (exact) mass is 155 g/mol. The fourth-order valence-corrected chi connectivity index (χ4v) is 1.24. The highest BCUT2D eigenvalue weighted by molar-refractivity contribution is 5.84. The minimum absolute atomic E-state index is 0.896. The lowest BCUT2D eigenvalue weighted by molar-refractivity contribution is 0.288. The Labute approximate surface area is 68.7 Å². The molecule has 0 aromatic rings. The van der Waals surface area contributed by atoms with Gasteiger partial charge in [0.25, 0.3) is 0 Å². The van der Waals surface area contributed by atoms with Gasteiger partial charge in [-0.2, -0.15) is 0 Å². The van der Waals surface area contributed by atoms with Crippen LogP contribution in [0.5, 0.6) is 0 Å². The highest BCUT2D eigenvalue weighted by Crippen LogP contribution is 1.99. The predicted octanol–water partition coefficient (Wildman–Crippen LogP) is 0.282. The van der Waals surface area contributed by atoms with E-state index in [1.807, 2.05) is 0 Å². The lowest BCUT2D eigenvalue weighted by Crippen LogP contribution is -2.46. The summed E-state index contributed by atoms with van der Waals surface area (Å²) in [5, 5.41) is 0. The van der Waals surface area contributed by atoms with Crippen LogP contribution >= 0.6 is 0 Å². The average molecular weight is 155 g/mol. The first kappa shape index (κ1) is 8.53. The number of amidine groups is 1. The summed E-state index contributed by atoms with van der Waals surface area (Å²) in [6.07, 6.45) is 0. The molecule has 0 amide bonds. The van der Waals surface area contributed by atoms with Gasteiger partial charge in [-0.05, 0) is 14.0 Å². The average Bonchev–Trinajstić information content (AvgIpc) is 1.98. The summed E-state index contributed by atoms with van der Waals surface area (Å²) in [7, 11) is 4.25. The van der Waals surface area contributed by atoms with Crippen molar-refractivity contribution in [2.75, 3.05) is 40.3 Å². The van der Waals surface area contributed by atoms with Crippen molar-refractivity contribution >= 4 is 5.84 Å². The van der Waals surface area contributed by atoms with Crippen LogP contribution in [-0.4, -0.2) is 55.9 Å². The summed E-state index contributed by atoms with van der Waals surface area (Å²) < 4.78 is 0. The van der Waals surface area contributed by atoms with Crippen molar-refractivity contribution in [1.29, 1.82) is 0 Å². The third-order valence-electron chi connectivity index (χ3n) is 2.01. The summed E-state index contributed by atoms with van der Waals surface area (Å²) in [5.41, 5.74) is 0. The SMILES string of the molecule is CCN=C1CN(C)CCN1C. The van der Waals surface area contributed by atoms with Crippen LogP contribution < -0.4 is 0 Å². The first-order chi connectivity index (χ1) is 5.24. The second kappa shape index (κ2) is 3.72. The molecule has 0 aromatic heterocycles. The largest absolute Gasteiger partial charge is 0.361 e. The molecule has 0 radical (unpaired) electrons. The Bertz CT molecular complexity index is 153. The van der Waals surface area contributed by atoms with Crippen molar-refractivity contribution in [1.82, 2.24) is 9.80 Å². The molecule has 0 saturated carbocycles. The normalized spacial score (nSPS) is 24.6. The predicted molar refractivity (Wildman–Crippen MR) is 48.1 cm³/mol. The molecule has 0 unspecified atom stereocenters. The molecular formula is C8H17N3. The van der Waals surface area contributed by atoms with Crippen molar-refractivity contribution in [3.63, 3.8) is 0 Å². The molecule has 1 aliphatic rings. The van der Waals surface area contributed by atoms with E-state index in [2.05, 4.69) is 35.8 Å². The molecule has 0 bridgehead atoms. The highest BCUT2D eigenvalue weighted by Gasteiger charge is 2.14. The second-order valence-corrected chi connectivity index (χ2v) is 3.05. The lowest BCUT2D eigenvalue weighted by atomic mass is 10.3. The van der Waals surface area contributed by atoms with Gasteiger partial charge in [-0.25, -0.2) is 0 Å². The minimum Gasteiger partial charge on any atom is -0.361 e. The Kier molecular flexibility index (Phi) is 2.88. The first-order valence-corrected chi connectivity index (χ1v) is 4.17. The molecule has 0 aliphatic carbocycles. The molecule has 3 heteroatoms. The first-order valence-electron chi connectivity index (χ1n) is 4.17. The molecule has 0 aromatic carbocycles. The maximum Gasteiger partial charge on any atom is 0.113 e. The summed E-state index contributed by atoms with van der Waals surface area (Å²) in [6.45, 7) is 6.24. The number of nitrogens with zero attached hydrogens (tertiary/aromatic N) is 3. The molecule has 3 nitrogen and oxygen atoms in total. The maximum atomic E-state index is 4.42. The van der Waals surface area contributed by atoms with Gasteiger partial charge in [0.1, 0.15) is 5.84 Å². The molecule has 0 atom stereocenters. The zero-order valence-corrected chi connectivity index (χ0v) is 7.67. The Morgan fingerprint density at radius 3 is 2.73 bits per heavy atom. The van der Waals surface area contributed by atoms with Crippen LogP contribution in [0.3, 0.4) is 0 Å². The van der Waals surface area contributed by atoms with E-state index in [0.29, 0.717) is 0 Å². The quantitative estimate of drug-likeness (QED) is 0.541. The fourth-order valence-electron chi connectivity index (χ4n) is 1.24. The van der Waals surface area contributed by atoms with Crippen LogP contribution in [0, 0.1) is 0 Å². The van der Waals surface area contributed by atoms with Crippen molar-refractivity contribution < 1.29 is 0 Å². The zero-order chi connectivity index (χ0) is 8.27. The van der Waals surface area contributed by atoms with Gasteiger partial charge in [0, 0.05) is 26.7 Å². The molecule has 64 valence electrons. The van der Waals surface area contributed by atoms with Gasteiger partial charge < -0.3 is 4.90 Å². The van der Waals surface area contributed by atoms with E-state index >= 15 is 0 Å². The van der Waals surface area contributed by atoms with Crippen LogP contribution in [0.15, 0.2) is 4.99 Å². The molecule has 1 aliphatic heterocycles. The Morgan fingerprint density at radius 2 is 2.09 bits per heavy atom. The van der Waals surface area contributed by atoms with E-state index in [1.165, 1.54) is 5.84 Å². The third kappa shape index (κ3) is 2.19. The van der Waals surface area contributed by atoms with Crippen molar-refractivity contribution in [3.8, 4) is 0 Å². The van der Waals surface area contributed by atoms with Crippen LogP contribution in [0.25, 0.3) is 0 Å². The molecule has 1 heterocycles. The summed E-state index contributed by atoms with van der Waals surface area (Å²) >= 11 is 0. The third-order valence-corrected chi connectivity index (χ3v) is 2.01. The van der Waals surface area contributed by atoms with Crippen LogP contribution in [-0.2, 0) is 0 Å². The number of rotatable bonds is 1. The summed E-state index contributed by atoms with van der Waals surface area (Å²) in [6, 6.07) is 0. The van der Waals surface area contributed by atoms with Gasteiger partial charge in [-0.15, -0.1) is 0 Å². The van der Waals surface area contributed by atoms with E-state index in [9.17, 15) is 0 Å². The Balaban J connectivity index is 2.54. The molecule has 1 rings (SSSR count). The lowest BCUT2D eigenvalue weighted by Gasteiger charge is -2.32. The zero-order valence-electron chi connectivity index (χ0n) is 7.67. The number of likely N-dealkylation sites (N-methyl/N-ethyl adjacent to an activating group) is 2. The molecular weight excluding hydrogens is 138 g/mol. The van der Waals surface area contributed by atoms with Gasteiger partial charge in [-0.3, -0.25) is 9.89 Å². The Hall–Kier alpha value is -0.570. The maximum absolute atomic E-state index is 4.42. The smallest absolute Gasteiger partial charge is 0.113 e. The summed E-state index contributed by atoms with van der Waals surface area (Å²) in [4.78, 5) is 8.96. The second-order valence-electron chi connectivity index (χ2n) is 3.05. The molecule has 0 spiro atoms. The van der Waals surface area contributed by atoms with E-state index in [4.69, 9.17) is 0 Å². The standard InChI is InChI=1S/C8H17N3/c1-4-9-8-7-10(2)5-6-11(8)3/h4-7H2,1-3H3. The highest BCUT2D eigenvalue weighted by atomic mass is 15.3. The summed E-state index contributed by atoms with van der Waals surface area (Å²) in [5.74, 6) is 1.22. The molecule has 1 fully saturated rings. The van der Waals surface area contributed by atoms with Crippen molar-refractivity contribution in [2.45, 2.75) is 6.92 Å². The number of hydrogen-bond donors (Lipinski definition) is 0. The van der Waals surface area contributed by atoms with E-state index < -0.39 is 0 Å². The Morgan fingerprint density at radius 1 is 1.36 bits per heavy atom. The van der Waals surface area contributed by atoms with Gasteiger partial charge in [0.15, 0.2) is 0 Å². The number of hydrogen-bond acceptors (Lipinski definition) is 2. The van der Waals surface area contributed by atoms with Crippen molar-refractivity contribution in [3.05, 3.63) is 0 Å². The van der Waals surface area contributed by atoms with Crippen LogP contribution in [0.4, 0.5) is 0 Å². The number of piperazine rings is 1. The topological polar surface area (TPSA) is 18.8 Å². The van der Waals surface area contributed by atoms with Crippen molar-refractivity contribution in [2.24, 2.45) is 4.99 Å². The van der Waals surface area contributed by atoms with E-state index in [1.54, 1.807) is 0 Å². The molecule has 0 N–H and O–H groups in total. The fraction of sp³-hybridized carbons (Fsp3) is 0.875. The molecule has 1 saturated heterocycles.